The van der Waals surface area contributed by atoms with Gasteiger partial charge in [0, 0.05) is 12.6 Å². The van der Waals surface area contributed by atoms with Crippen molar-refractivity contribution in [3.8, 4) is 12.3 Å². The van der Waals surface area contributed by atoms with E-state index in [-0.39, 0.29) is 30.4 Å². The van der Waals surface area contributed by atoms with Crippen LogP contribution in [0.1, 0.15) is 109 Å². The number of esters is 1. The van der Waals surface area contributed by atoms with Crippen LogP contribution < -0.4 is 5.73 Å². The number of nitrogens with two attached hydrogens (primary N) is 1. The van der Waals surface area contributed by atoms with Gasteiger partial charge in [0.05, 0.1) is 11.8 Å². The first-order valence-electron chi connectivity index (χ1n) is 14.1. The quantitative estimate of drug-likeness (QED) is 0.128. The van der Waals surface area contributed by atoms with E-state index in [1.807, 2.05) is 6.21 Å². The van der Waals surface area contributed by atoms with Crippen LogP contribution in [0.4, 0.5) is 15.9 Å². The van der Waals surface area contributed by atoms with E-state index in [4.69, 9.17) is 21.6 Å². The molecule has 0 aliphatic carbocycles. The number of anilines is 1. The molecule has 3 rings (SSSR count). The number of hydrogen-bond acceptors (Lipinski definition) is 7. The fourth-order valence-electron chi connectivity index (χ4n) is 5.17. The van der Waals surface area contributed by atoms with E-state index in [0.717, 1.165) is 32.1 Å². The Balaban J connectivity index is 1.33. The molecule has 1 aromatic rings. The lowest BCUT2D eigenvalue weighted by molar-refractivity contribution is -0.151. The van der Waals surface area contributed by atoms with Gasteiger partial charge in [-0.1, -0.05) is 70.6 Å². The predicted octanol–water partition coefficient (Wildman–Crippen LogP) is 6.26. The van der Waals surface area contributed by atoms with E-state index in [1.165, 1.54) is 51.4 Å². The molecule has 0 radical (unpaired) electrons. The number of aliphatic imine (C=N–C) groups is 1. The number of halogens is 1. The van der Waals surface area contributed by atoms with Gasteiger partial charge in [0.2, 0.25) is 0 Å². The molecule has 0 spiro atoms. The number of nitrogens with zero attached hydrogens (tertiary/aromatic N) is 3. The Hall–Kier alpha value is -2.53. The number of terminal acetylenes is 1. The van der Waals surface area contributed by atoms with Crippen LogP contribution in [0, 0.1) is 24.3 Å². The predicted molar refractivity (Wildman–Crippen MR) is 144 cm³/mol. The number of fused-ring (bicyclic) bond motifs is 1. The SMILES string of the molecule is C#C[C@@]1(COC(=O)CCCCCCCCCCCC)CC[C@H](CC2C=Nc3c(N)nc(F)nc3CC2)O1. The Kier molecular flexibility index (Phi) is 11.8. The van der Waals surface area contributed by atoms with E-state index in [2.05, 4.69) is 27.8 Å². The van der Waals surface area contributed by atoms with Crippen molar-refractivity contribution in [2.45, 2.75) is 121 Å². The minimum atomic E-state index is -0.873. The van der Waals surface area contributed by atoms with Crippen molar-refractivity contribution in [1.82, 2.24) is 9.97 Å². The van der Waals surface area contributed by atoms with E-state index in [0.29, 0.717) is 30.6 Å². The largest absolute Gasteiger partial charge is 0.462 e. The zero-order chi connectivity index (χ0) is 26.5. The lowest BCUT2D eigenvalue weighted by Crippen LogP contribution is -2.34. The molecule has 3 atom stereocenters. The summed E-state index contributed by atoms with van der Waals surface area (Å²) in [5.41, 5.74) is 5.92. The standard InChI is InChI=1S/C29H43FN4O3/c1-3-5-6-7-8-9-10-11-12-13-14-25(35)36-21-29(4-2)18-17-23(37-29)19-22-15-16-24-26(32-20-22)27(31)34-28(30)33-24/h2,20,22-23H,3,5-19,21H2,1H3,(H2,31,33,34)/t22?,23-,29+/m1/s1. The molecule has 1 saturated heterocycles. The fraction of sp³-hybridized carbons (Fsp3) is 0.724. The monoisotopic (exact) mass is 514 g/mol. The molecule has 2 aliphatic heterocycles. The summed E-state index contributed by atoms with van der Waals surface area (Å²) in [6.07, 6.45) is 22.9. The highest BCUT2D eigenvalue weighted by Gasteiger charge is 2.40. The number of hydrogen-bond donors (Lipinski definition) is 1. The van der Waals surface area contributed by atoms with Crippen LogP contribution in [0.15, 0.2) is 4.99 Å². The Morgan fingerprint density at radius 1 is 1.16 bits per heavy atom. The molecule has 37 heavy (non-hydrogen) atoms. The smallest absolute Gasteiger partial charge is 0.310 e. The van der Waals surface area contributed by atoms with Gasteiger partial charge in [-0.2, -0.15) is 9.37 Å². The lowest BCUT2D eigenvalue weighted by atomic mass is 9.95. The van der Waals surface area contributed by atoms with Gasteiger partial charge in [0.25, 0.3) is 0 Å². The summed E-state index contributed by atoms with van der Waals surface area (Å²) >= 11 is 0. The third kappa shape index (κ3) is 9.37. The van der Waals surface area contributed by atoms with Gasteiger partial charge in [0.15, 0.2) is 11.4 Å². The van der Waals surface area contributed by atoms with Crippen molar-refractivity contribution in [2.75, 3.05) is 12.3 Å². The third-order valence-electron chi connectivity index (χ3n) is 7.41. The highest BCUT2D eigenvalue weighted by Crippen LogP contribution is 2.36. The van der Waals surface area contributed by atoms with Gasteiger partial charge in [0.1, 0.15) is 12.3 Å². The van der Waals surface area contributed by atoms with E-state index in [9.17, 15) is 9.18 Å². The number of rotatable bonds is 15. The number of aromatic nitrogens is 2. The molecule has 204 valence electrons. The minimum Gasteiger partial charge on any atom is -0.462 e. The van der Waals surface area contributed by atoms with Crippen LogP contribution >= 0.6 is 0 Å². The highest BCUT2D eigenvalue weighted by molar-refractivity contribution is 5.73. The summed E-state index contributed by atoms with van der Waals surface area (Å²) in [5.74, 6) is 2.71. The van der Waals surface area contributed by atoms with Crippen molar-refractivity contribution < 1.29 is 18.7 Å². The van der Waals surface area contributed by atoms with Crippen LogP contribution in [0.2, 0.25) is 0 Å². The van der Waals surface area contributed by atoms with Crippen molar-refractivity contribution in [3.63, 3.8) is 0 Å². The molecule has 2 aliphatic rings. The van der Waals surface area contributed by atoms with Crippen LogP contribution in [0.5, 0.6) is 0 Å². The molecule has 1 fully saturated rings. The first kappa shape index (κ1) is 29.0. The number of ether oxygens (including phenoxy) is 2. The van der Waals surface area contributed by atoms with E-state index < -0.39 is 11.7 Å². The van der Waals surface area contributed by atoms with Crippen LogP contribution in [0.25, 0.3) is 0 Å². The number of unbranched alkanes of at least 4 members (excludes halogenated alkanes) is 9. The summed E-state index contributed by atoms with van der Waals surface area (Å²) in [6.45, 7) is 2.33. The highest BCUT2D eigenvalue weighted by atomic mass is 19.1. The number of aryl methyl sites for hydroxylation is 1. The normalized spacial score (nSPS) is 22.8. The zero-order valence-electron chi connectivity index (χ0n) is 22.4. The molecule has 8 heteroatoms. The second-order valence-electron chi connectivity index (χ2n) is 10.5. The summed E-state index contributed by atoms with van der Waals surface area (Å²) < 4.78 is 25.3. The van der Waals surface area contributed by atoms with Gasteiger partial charge in [-0.25, -0.2) is 4.98 Å². The maximum Gasteiger partial charge on any atom is 0.310 e. The third-order valence-corrected chi connectivity index (χ3v) is 7.41. The van der Waals surface area contributed by atoms with Gasteiger partial charge in [-0.15, -0.1) is 6.42 Å². The molecule has 0 bridgehead atoms. The molecule has 1 unspecified atom stereocenters. The van der Waals surface area contributed by atoms with Crippen LogP contribution in [-0.4, -0.2) is 40.5 Å². The molecule has 0 amide bonds. The second-order valence-corrected chi connectivity index (χ2v) is 10.5. The fourth-order valence-corrected chi connectivity index (χ4v) is 5.17. The zero-order valence-corrected chi connectivity index (χ0v) is 22.4. The first-order valence-corrected chi connectivity index (χ1v) is 14.1. The topological polar surface area (TPSA) is 99.7 Å². The molecule has 1 aromatic heterocycles. The Bertz CT molecular complexity index is 948. The second kappa shape index (κ2) is 15.0. The number of carbonyl (C=O) groups is 1. The van der Waals surface area contributed by atoms with Crippen molar-refractivity contribution in [2.24, 2.45) is 10.9 Å². The Morgan fingerprint density at radius 2 is 1.86 bits per heavy atom. The van der Waals surface area contributed by atoms with Crippen molar-refractivity contribution in [1.29, 1.82) is 0 Å². The van der Waals surface area contributed by atoms with Crippen LogP contribution in [-0.2, 0) is 20.7 Å². The Morgan fingerprint density at radius 3 is 2.57 bits per heavy atom. The number of carbonyl (C=O) groups excluding carboxylic acids is 1. The molecule has 0 saturated carbocycles. The molecule has 0 aromatic carbocycles. The van der Waals surface area contributed by atoms with Crippen LogP contribution in [0.3, 0.4) is 0 Å². The average molecular weight is 515 g/mol. The molecular formula is C29H43FN4O3. The maximum atomic E-state index is 13.5. The molecule has 3 heterocycles. The first-order chi connectivity index (χ1) is 17.9. The molecule has 2 N–H and O–H groups in total. The summed E-state index contributed by atoms with van der Waals surface area (Å²) in [5, 5.41) is 0. The summed E-state index contributed by atoms with van der Waals surface area (Å²) in [4.78, 5) is 24.1. The van der Waals surface area contributed by atoms with Crippen molar-refractivity contribution >= 4 is 23.7 Å². The van der Waals surface area contributed by atoms with Gasteiger partial charge in [-0.3, -0.25) is 9.79 Å². The van der Waals surface area contributed by atoms with Gasteiger partial charge < -0.3 is 15.2 Å². The van der Waals surface area contributed by atoms with Gasteiger partial charge >= 0.3 is 12.0 Å². The van der Waals surface area contributed by atoms with Gasteiger partial charge in [-0.05, 0) is 44.4 Å². The van der Waals surface area contributed by atoms with Crippen molar-refractivity contribution in [3.05, 3.63) is 11.8 Å². The van der Waals surface area contributed by atoms with E-state index >= 15 is 0 Å². The lowest BCUT2D eigenvalue weighted by Gasteiger charge is -2.24. The summed E-state index contributed by atoms with van der Waals surface area (Å²) in [6, 6.07) is 0. The summed E-state index contributed by atoms with van der Waals surface area (Å²) in [7, 11) is 0. The van der Waals surface area contributed by atoms with E-state index in [1.54, 1.807) is 0 Å². The average Bonchev–Trinajstić information content (AvgIpc) is 3.18. The maximum absolute atomic E-state index is 13.5. The Labute approximate surface area is 221 Å². The molecular weight excluding hydrogens is 471 g/mol. The number of nitrogen functional groups attached to an aromatic ring is 1. The minimum absolute atomic E-state index is 0.0579. The molecule has 7 nitrogen and oxygen atoms in total.